The van der Waals surface area contributed by atoms with E-state index in [0.29, 0.717) is 22.7 Å². The van der Waals surface area contributed by atoms with Crippen molar-refractivity contribution in [1.29, 1.82) is 0 Å². The third-order valence-corrected chi connectivity index (χ3v) is 3.69. The number of hydrogen-bond acceptors (Lipinski definition) is 5. The molecule has 2 aromatic carbocycles. The fourth-order valence-electron chi connectivity index (χ4n) is 2.12. The third-order valence-electron chi connectivity index (χ3n) is 3.40. The van der Waals surface area contributed by atoms with Crippen molar-refractivity contribution < 1.29 is 28.2 Å². The van der Waals surface area contributed by atoms with Gasteiger partial charge >= 0.3 is 5.97 Å². The van der Waals surface area contributed by atoms with Gasteiger partial charge in [-0.2, -0.15) is 0 Å². The largest absolute Gasteiger partial charge is 0.497 e. The van der Waals surface area contributed by atoms with Gasteiger partial charge in [0.1, 0.15) is 17.3 Å². The van der Waals surface area contributed by atoms with E-state index >= 15 is 0 Å². The quantitative estimate of drug-likeness (QED) is 0.745. The van der Waals surface area contributed by atoms with Crippen molar-refractivity contribution in [3.63, 3.8) is 0 Å². The van der Waals surface area contributed by atoms with Gasteiger partial charge in [0.05, 0.1) is 25.7 Å². The van der Waals surface area contributed by atoms with Crippen LogP contribution in [0.5, 0.6) is 11.5 Å². The molecule has 0 atom stereocenters. The van der Waals surface area contributed by atoms with E-state index in [4.69, 9.17) is 25.8 Å². The number of carbonyl (C=O) groups excluding carboxylic acids is 2. The van der Waals surface area contributed by atoms with Crippen LogP contribution in [0.25, 0.3) is 0 Å². The molecule has 0 aliphatic carbocycles. The van der Waals surface area contributed by atoms with Crippen molar-refractivity contribution in [3.8, 4) is 11.5 Å². The Balaban J connectivity index is 1.88. The van der Waals surface area contributed by atoms with E-state index < -0.39 is 24.3 Å². The summed E-state index contributed by atoms with van der Waals surface area (Å²) in [4.78, 5) is 23.7. The lowest BCUT2D eigenvalue weighted by molar-refractivity contribution is -0.146. The van der Waals surface area contributed by atoms with Crippen LogP contribution >= 0.6 is 11.6 Å². The summed E-state index contributed by atoms with van der Waals surface area (Å²) in [6.07, 6.45) is -0.0666. The average molecular weight is 382 g/mol. The second-order valence-corrected chi connectivity index (χ2v) is 5.60. The molecule has 0 radical (unpaired) electrons. The van der Waals surface area contributed by atoms with E-state index in [1.807, 2.05) is 0 Å². The van der Waals surface area contributed by atoms with Gasteiger partial charge in [0.15, 0.2) is 6.61 Å². The van der Waals surface area contributed by atoms with Crippen molar-refractivity contribution in [2.24, 2.45) is 0 Å². The molecule has 0 bridgehead atoms. The molecule has 138 valence electrons. The van der Waals surface area contributed by atoms with E-state index in [0.717, 1.165) is 6.07 Å². The van der Waals surface area contributed by atoms with Gasteiger partial charge in [-0.15, -0.1) is 0 Å². The predicted molar refractivity (Wildman–Crippen MR) is 94.2 cm³/mol. The maximum Gasteiger partial charge on any atom is 0.310 e. The molecule has 26 heavy (non-hydrogen) atoms. The summed E-state index contributed by atoms with van der Waals surface area (Å²) in [6.45, 7) is -0.480. The Bertz CT molecular complexity index is 812. The fraction of sp³-hybridized carbons (Fsp3) is 0.222. The zero-order valence-electron chi connectivity index (χ0n) is 14.2. The smallest absolute Gasteiger partial charge is 0.310 e. The number of ether oxygens (including phenoxy) is 3. The Morgan fingerprint density at radius 1 is 1.12 bits per heavy atom. The molecule has 0 aliphatic rings. The lowest BCUT2D eigenvalue weighted by atomic mass is 10.1. The number of benzene rings is 2. The van der Waals surface area contributed by atoms with E-state index in [1.165, 1.54) is 26.4 Å². The molecule has 0 unspecified atom stereocenters. The highest BCUT2D eigenvalue weighted by Gasteiger charge is 2.13. The molecule has 0 heterocycles. The Hall–Kier alpha value is -2.80. The van der Waals surface area contributed by atoms with Gasteiger partial charge in [-0.1, -0.05) is 17.7 Å². The second-order valence-electron chi connectivity index (χ2n) is 5.19. The van der Waals surface area contributed by atoms with Crippen LogP contribution in [0.15, 0.2) is 36.4 Å². The van der Waals surface area contributed by atoms with Crippen molar-refractivity contribution in [2.75, 3.05) is 26.1 Å². The van der Waals surface area contributed by atoms with Crippen LogP contribution in [-0.4, -0.2) is 32.7 Å². The first-order valence-electron chi connectivity index (χ1n) is 7.54. The monoisotopic (exact) mass is 381 g/mol. The van der Waals surface area contributed by atoms with E-state index in [1.54, 1.807) is 18.2 Å². The van der Waals surface area contributed by atoms with Crippen molar-refractivity contribution in [3.05, 3.63) is 52.8 Å². The number of halogens is 2. The van der Waals surface area contributed by atoms with Crippen molar-refractivity contribution in [2.45, 2.75) is 6.42 Å². The summed E-state index contributed by atoms with van der Waals surface area (Å²) < 4.78 is 28.3. The molecule has 1 amide bonds. The summed E-state index contributed by atoms with van der Waals surface area (Å²) in [5.74, 6) is -0.684. The van der Waals surface area contributed by atoms with Crippen molar-refractivity contribution in [1.82, 2.24) is 0 Å². The number of nitrogens with one attached hydrogen (secondary N) is 1. The summed E-state index contributed by atoms with van der Waals surface area (Å²) in [7, 11) is 3.00. The Morgan fingerprint density at radius 2 is 1.88 bits per heavy atom. The first-order valence-corrected chi connectivity index (χ1v) is 7.92. The van der Waals surface area contributed by atoms with Gasteiger partial charge in [0.2, 0.25) is 0 Å². The Morgan fingerprint density at radius 3 is 2.54 bits per heavy atom. The third kappa shape index (κ3) is 5.35. The van der Waals surface area contributed by atoms with Crippen LogP contribution in [0.3, 0.4) is 0 Å². The molecule has 0 aromatic heterocycles. The summed E-state index contributed by atoms with van der Waals surface area (Å²) in [5, 5.41) is 2.34. The fourth-order valence-corrected chi connectivity index (χ4v) is 2.30. The summed E-state index contributed by atoms with van der Waals surface area (Å²) in [6, 6.07) is 8.76. The molecule has 0 saturated carbocycles. The van der Waals surface area contributed by atoms with Gasteiger partial charge in [-0.25, -0.2) is 4.39 Å². The molecule has 0 saturated heterocycles. The second kappa shape index (κ2) is 9.05. The van der Waals surface area contributed by atoms with Crippen LogP contribution in [0, 0.1) is 5.82 Å². The standard InChI is InChI=1S/C18H17ClFNO5/c1-24-13-5-3-11(16(9-13)25-2)7-18(23)26-10-17(22)21-12-4-6-15(20)14(19)8-12/h3-6,8-9H,7,10H2,1-2H3,(H,21,22). The zero-order valence-corrected chi connectivity index (χ0v) is 14.9. The maximum atomic E-state index is 13.1. The molecule has 2 rings (SSSR count). The van der Waals surface area contributed by atoms with Gasteiger partial charge in [-0.05, 0) is 24.3 Å². The minimum atomic E-state index is -0.597. The molecule has 8 heteroatoms. The predicted octanol–water partition coefficient (Wildman–Crippen LogP) is 3.22. The summed E-state index contributed by atoms with van der Waals surface area (Å²) >= 11 is 5.63. The highest BCUT2D eigenvalue weighted by molar-refractivity contribution is 6.31. The van der Waals surface area contributed by atoms with Crippen molar-refractivity contribution >= 4 is 29.2 Å². The van der Waals surface area contributed by atoms with Gasteiger partial charge < -0.3 is 19.5 Å². The molecule has 0 aliphatic heterocycles. The normalized spacial score (nSPS) is 10.2. The van der Waals surface area contributed by atoms with E-state index in [2.05, 4.69) is 5.32 Å². The Labute approximate surface area is 154 Å². The maximum absolute atomic E-state index is 13.1. The van der Waals surface area contributed by atoms with Crippen LogP contribution in [0.2, 0.25) is 5.02 Å². The van der Waals surface area contributed by atoms with Gasteiger partial charge in [0.25, 0.3) is 5.91 Å². The molecule has 0 spiro atoms. The average Bonchev–Trinajstić information content (AvgIpc) is 2.63. The van der Waals surface area contributed by atoms with Crippen LogP contribution < -0.4 is 14.8 Å². The molecule has 1 N–H and O–H groups in total. The molecule has 2 aromatic rings. The minimum Gasteiger partial charge on any atom is -0.497 e. The number of anilines is 1. The first kappa shape index (κ1) is 19.5. The number of hydrogen-bond donors (Lipinski definition) is 1. The van der Waals surface area contributed by atoms with E-state index in [-0.39, 0.29) is 11.4 Å². The van der Waals surface area contributed by atoms with Crippen LogP contribution in [0.1, 0.15) is 5.56 Å². The van der Waals surface area contributed by atoms with E-state index in [9.17, 15) is 14.0 Å². The van der Waals surface area contributed by atoms with Crippen LogP contribution in [0.4, 0.5) is 10.1 Å². The highest BCUT2D eigenvalue weighted by atomic mass is 35.5. The topological polar surface area (TPSA) is 73.9 Å². The Kier molecular flexibility index (Phi) is 6.80. The number of amides is 1. The van der Waals surface area contributed by atoms with Gasteiger partial charge in [-0.3, -0.25) is 9.59 Å². The lowest BCUT2D eigenvalue weighted by Crippen LogP contribution is -2.21. The number of esters is 1. The zero-order chi connectivity index (χ0) is 19.1. The molecule has 0 fully saturated rings. The SMILES string of the molecule is COc1ccc(CC(=O)OCC(=O)Nc2ccc(F)c(Cl)c2)c(OC)c1. The molecular weight excluding hydrogens is 365 g/mol. The summed E-state index contributed by atoms with van der Waals surface area (Å²) in [5.41, 5.74) is 0.901. The molecule has 6 nitrogen and oxygen atoms in total. The van der Waals surface area contributed by atoms with Gasteiger partial charge in [0, 0.05) is 17.3 Å². The molecular formula is C18H17ClFNO5. The lowest BCUT2D eigenvalue weighted by Gasteiger charge is -2.10. The minimum absolute atomic E-state index is 0.0666. The van der Waals surface area contributed by atoms with Crippen LogP contribution in [-0.2, 0) is 20.7 Å². The number of carbonyl (C=O) groups is 2. The number of rotatable bonds is 7. The highest BCUT2D eigenvalue weighted by Crippen LogP contribution is 2.25. The number of methoxy groups -OCH3 is 2. The first-order chi connectivity index (χ1) is 12.4.